The van der Waals surface area contributed by atoms with Crippen LogP contribution < -0.4 is 15.5 Å². The van der Waals surface area contributed by atoms with E-state index in [4.69, 9.17) is 0 Å². The Balaban J connectivity index is 1.88. The topological polar surface area (TPSA) is 44.4 Å². The second kappa shape index (κ2) is 8.77. The van der Waals surface area contributed by atoms with Crippen LogP contribution in [0.15, 0.2) is 54.7 Å². The van der Waals surface area contributed by atoms with Crippen LogP contribution in [0.4, 0.5) is 16.2 Å². The summed E-state index contributed by atoms with van der Waals surface area (Å²) in [4.78, 5) is 14.2. The van der Waals surface area contributed by atoms with Crippen molar-refractivity contribution >= 4 is 23.5 Å². The van der Waals surface area contributed by atoms with E-state index in [0.717, 1.165) is 30.0 Å². The Morgan fingerprint density at radius 3 is 2.42 bits per heavy atom. The lowest BCUT2D eigenvalue weighted by Crippen LogP contribution is -2.24. The second-order valence-electron chi connectivity index (χ2n) is 5.57. The molecule has 2 N–H and O–H groups in total. The zero-order valence-corrected chi connectivity index (χ0v) is 14.5. The average Bonchev–Trinajstić information content (AvgIpc) is 2.57. The van der Waals surface area contributed by atoms with Crippen molar-refractivity contribution in [3.05, 3.63) is 65.9 Å². The lowest BCUT2D eigenvalue weighted by Gasteiger charge is -2.21. The number of urea groups is 1. The summed E-state index contributed by atoms with van der Waals surface area (Å²) in [6, 6.07) is 15.7. The van der Waals surface area contributed by atoms with Crippen molar-refractivity contribution in [2.24, 2.45) is 0 Å². The number of amides is 2. The number of hydrogen-bond donors (Lipinski definition) is 2. The lowest BCUT2D eigenvalue weighted by molar-refractivity contribution is 0.255. The van der Waals surface area contributed by atoms with Crippen molar-refractivity contribution in [2.75, 3.05) is 23.3 Å². The summed E-state index contributed by atoms with van der Waals surface area (Å²) < 4.78 is 0. The minimum Gasteiger partial charge on any atom is -0.372 e. The number of hydrogen-bond acceptors (Lipinski definition) is 2. The fourth-order valence-electron chi connectivity index (χ4n) is 2.50. The van der Waals surface area contributed by atoms with E-state index in [1.807, 2.05) is 55.5 Å². The molecule has 2 rings (SSSR count). The molecule has 0 aromatic heterocycles. The van der Waals surface area contributed by atoms with Gasteiger partial charge in [-0.2, -0.15) is 0 Å². The van der Waals surface area contributed by atoms with E-state index in [-0.39, 0.29) is 6.03 Å². The lowest BCUT2D eigenvalue weighted by atomic mass is 10.1. The zero-order chi connectivity index (χ0) is 17.4. The Kier molecular flexibility index (Phi) is 6.43. The van der Waals surface area contributed by atoms with Gasteiger partial charge in [-0.1, -0.05) is 29.8 Å². The standard InChI is InChI=1S/C20H25N3O/c1-4-23(5-2)19-11-9-18(10-12-19)22-20(24)21-14-13-17-8-6-7-16(3)15-17/h6-15H,4-5H2,1-3H3,(H2,21,22,24)/b14-13+. The van der Waals surface area contributed by atoms with E-state index in [2.05, 4.69) is 35.4 Å². The molecule has 4 nitrogen and oxygen atoms in total. The zero-order valence-electron chi connectivity index (χ0n) is 14.5. The van der Waals surface area contributed by atoms with Crippen molar-refractivity contribution in [1.82, 2.24) is 5.32 Å². The molecule has 0 aliphatic carbocycles. The third-order valence-corrected chi connectivity index (χ3v) is 3.79. The van der Waals surface area contributed by atoms with Crippen molar-refractivity contribution in [3.8, 4) is 0 Å². The third-order valence-electron chi connectivity index (χ3n) is 3.79. The normalized spacial score (nSPS) is 10.6. The van der Waals surface area contributed by atoms with Gasteiger partial charge >= 0.3 is 6.03 Å². The number of nitrogens with one attached hydrogen (secondary N) is 2. The first kappa shape index (κ1) is 17.6. The van der Waals surface area contributed by atoms with Gasteiger partial charge in [-0.25, -0.2) is 4.79 Å². The molecular formula is C20H25N3O. The molecule has 0 aliphatic rings. The minimum absolute atomic E-state index is 0.255. The number of benzene rings is 2. The molecular weight excluding hydrogens is 298 g/mol. The van der Waals surface area contributed by atoms with Crippen molar-refractivity contribution in [3.63, 3.8) is 0 Å². The van der Waals surface area contributed by atoms with E-state index >= 15 is 0 Å². The Morgan fingerprint density at radius 1 is 1.08 bits per heavy atom. The van der Waals surface area contributed by atoms with Crippen LogP contribution in [0.2, 0.25) is 0 Å². The number of carbonyl (C=O) groups is 1. The first-order chi connectivity index (χ1) is 11.6. The van der Waals surface area contributed by atoms with Crippen LogP contribution in [0.3, 0.4) is 0 Å². The summed E-state index contributed by atoms with van der Waals surface area (Å²) in [5.41, 5.74) is 4.17. The maximum atomic E-state index is 11.9. The van der Waals surface area contributed by atoms with Crippen LogP contribution in [-0.4, -0.2) is 19.1 Å². The maximum Gasteiger partial charge on any atom is 0.323 e. The fraction of sp³-hybridized carbons (Fsp3) is 0.250. The maximum absolute atomic E-state index is 11.9. The predicted octanol–water partition coefficient (Wildman–Crippen LogP) is 4.63. The molecule has 0 aliphatic heterocycles. The number of anilines is 2. The van der Waals surface area contributed by atoms with Crippen molar-refractivity contribution in [1.29, 1.82) is 0 Å². The SMILES string of the molecule is CCN(CC)c1ccc(NC(=O)N/C=C/c2cccc(C)c2)cc1. The molecule has 4 heteroatoms. The number of rotatable bonds is 6. The molecule has 0 radical (unpaired) electrons. The van der Waals surface area contributed by atoms with E-state index in [1.165, 1.54) is 5.56 Å². The molecule has 0 saturated heterocycles. The summed E-state index contributed by atoms with van der Waals surface area (Å²) in [6.07, 6.45) is 3.52. The van der Waals surface area contributed by atoms with Gasteiger partial charge in [-0.15, -0.1) is 0 Å². The molecule has 24 heavy (non-hydrogen) atoms. The second-order valence-corrected chi connectivity index (χ2v) is 5.57. The number of nitrogens with zero attached hydrogens (tertiary/aromatic N) is 1. The van der Waals surface area contributed by atoms with Gasteiger partial charge in [0.05, 0.1) is 0 Å². The summed E-state index contributed by atoms with van der Waals surface area (Å²) in [5, 5.41) is 5.54. The number of carbonyl (C=O) groups excluding carboxylic acids is 1. The van der Waals surface area contributed by atoms with Gasteiger partial charge in [0.1, 0.15) is 0 Å². The quantitative estimate of drug-likeness (QED) is 0.814. The van der Waals surface area contributed by atoms with Gasteiger partial charge in [0.25, 0.3) is 0 Å². The molecule has 2 aromatic carbocycles. The van der Waals surface area contributed by atoms with Crippen LogP contribution in [0.1, 0.15) is 25.0 Å². The van der Waals surface area contributed by atoms with Gasteiger partial charge in [0.15, 0.2) is 0 Å². The van der Waals surface area contributed by atoms with Crippen LogP contribution in [0, 0.1) is 6.92 Å². The number of aryl methyl sites for hydroxylation is 1. The van der Waals surface area contributed by atoms with Gasteiger partial charge in [0, 0.05) is 30.7 Å². The molecule has 2 amide bonds. The Labute approximate surface area is 144 Å². The minimum atomic E-state index is -0.255. The highest BCUT2D eigenvalue weighted by Crippen LogP contribution is 2.17. The third kappa shape index (κ3) is 5.16. The highest BCUT2D eigenvalue weighted by Gasteiger charge is 2.03. The molecule has 0 saturated carbocycles. The smallest absolute Gasteiger partial charge is 0.323 e. The molecule has 126 valence electrons. The Bertz CT molecular complexity index is 688. The fourth-order valence-corrected chi connectivity index (χ4v) is 2.50. The molecule has 0 atom stereocenters. The molecule has 0 fully saturated rings. The van der Waals surface area contributed by atoms with Gasteiger partial charge < -0.3 is 15.5 Å². The average molecular weight is 323 g/mol. The van der Waals surface area contributed by atoms with Gasteiger partial charge in [-0.05, 0) is 56.7 Å². The van der Waals surface area contributed by atoms with E-state index < -0.39 is 0 Å². The van der Waals surface area contributed by atoms with Crippen LogP contribution in [0.5, 0.6) is 0 Å². The van der Waals surface area contributed by atoms with Crippen LogP contribution >= 0.6 is 0 Å². The van der Waals surface area contributed by atoms with Gasteiger partial charge in [-0.3, -0.25) is 0 Å². The highest BCUT2D eigenvalue weighted by molar-refractivity contribution is 5.90. The summed E-state index contributed by atoms with van der Waals surface area (Å²) in [7, 11) is 0. The van der Waals surface area contributed by atoms with Crippen molar-refractivity contribution in [2.45, 2.75) is 20.8 Å². The first-order valence-electron chi connectivity index (χ1n) is 8.28. The molecule has 0 heterocycles. The monoisotopic (exact) mass is 323 g/mol. The molecule has 0 spiro atoms. The predicted molar refractivity (Wildman–Crippen MR) is 102 cm³/mol. The highest BCUT2D eigenvalue weighted by atomic mass is 16.2. The summed E-state index contributed by atoms with van der Waals surface area (Å²) in [6.45, 7) is 8.23. The molecule has 0 unspecified atom stereocenters. The van der Waals surface area contributed by atoms with Crippen molar-refractivity contribution < 1.29 is 4.79 Å². The Hall–Kier alpha value is -2.75. The van der Waals surface area contributed by atoms with E-state index in [0.29, 0.717) is 0 Å². The van der Waals surface area contributed by atoms with E-state index in [1.54, 1.807) is 6.20 Å². The summed E-state index contributed by atoms with van der Waals surface area (Å²) >= 11 is 0. The molecule has 2 aromatic rings. The largest absolute Gasteiger partial charge is 0.372 e. The summed E-state index contributed by atoms with van der Waals surface area (Å²) in [5.74, 6) is 0. The molecule has 0 bridgehead atoms. The van der Waals surface area contributed by atoms with Crippen LogP contribution in [0.25, 0.3) is 6.08 Å². The van der Waals surface area contributed by atoms with E-state index in [9.17, 15) is 4.79 Å². The Morgan fingerprint density at radius 2 is 1.79 bits per heavy atom. The van der Waals surface area contributed by atoms with Gasteiger partial charge in [0.2, 0.25) is 0 Å². The van der Waals surface area contributed by atoms with Crippen LogP contribution in [-0.2, 0) is 0 Å². The first-order valence-corrected chi connectivity index (χ1v) is 8.28.